The molecule has 1 heterocycles. The normalized spacial score (nSPS) is 16.7. The number of aryl methyl sites for hydroxylation is 2. The summed E-state index contributed by atoms with van der Waals surface area (Å²) in [6.07, 6.45) is 2.22. The van der Waals surface area contributed by atoms with Gasteiger partial charge in [-0.15, -0.1) is 0 Å². The van der Waals surface area contributed by atoms with Crippen molar-refractivity contribution in [2.75, 3.05) is 11.4 Å². The number of carboxylic acids is 1. The maximum Gasteiger partial charge on any atom is 0.335 e. The Morgan fingerprint density at radius 2 is 1.79 bits per heavy atom. The first-order valence-electron chi connectivity index (χ1n) is 9.43. The number of anilines is 1. The van der Waals surface area contributed by atoms with Gasteiger partial charge in [0.1, 0.15) is 6.04 Å². The van der Waals surface area contributed by atoms with Gasteiger partial charge >= 0.3 is 5.97 Å². The molecule has 2 N–H and O–H groups in total. The lowest BCUT2D eigenvalue weighted by Gasteiger charge is -2.32. The van der Waals surface area contributed by atoms with Gasteiger partial charge in [-0.05, 0) is 56.0 Å². The van der Waals surface area contributed by atoms with Gasteiger partial charge in [-0.2, -0.15) is 0 Å². The largest absolute Gasteiger partial charge is 0.478 e. The van der Waals surface area contributed by atoms with Crippen molar-refractivity contribution in [3.63, 3.8) is 0 Å². The molecule has 1 fully saturated rings. The second-order valence-electron chi connectivity index (χ2n) is 7.09. The van der Waals surface area contributed by atoms with Crippen molar-refractivity contribution < 1.29 is 19.5 Å². The first kappa shape index (κ1) is 19.6. The maximum atomic E-state index is 12.8. The van der Waals surface area contributed by atoms with Crippen LogP contribution in [0.4, 0.5) is 5.69 Å². The van der Waals surface area contributed by atoms with E-state index in [0.717, 1.165) is 23.2 Å². The summed E-state index contributed by atoms with van der Waals surface area (Å²) in [5, 5.41) is 11.8. The molecule has 1 aliphatic rings. The smallest absolute Gasteiger partial charge is 0.335 e. The Kier molecular flexibility index (Phi) is 6.09. The minimum Gasteiger partial charge on any atom is -0.478 e. The summed E-state index contributed by atoms with van der Waals surface area (Å²) in [4.78, 5) is 37.7. The van der Waals surface area contributed by atoms with Crippen LogP contribution < -0.4 is 10.2 Å². The highest BCUT2D eigenvalue weighted by Crippen LogP contribution is 2.21. The van der Waals surface area contributed by atoms with Crippen LogP contribution in [0.2, 0.25) is 0 Å². The lowest BCUT2D eigenvalue weighted by molar-refractivity contribution is -0.128. The highest BCUT2D eigenvalue weighted by atomic mass is 16.4. The third kappa shape index (κ3) is 4.76. The summed E-state index contributed by atoms with van der Waals surface area (Å²) in [5.41, 5.74) is 3.09. The molecule has 1 aliphatic heterocycles. The van der Waals surface area contributed by atoms with E-state index in [1.54, 1.807) is 17.0 Å². The van der Waals surface area contributed by atoms with Crippen LogP contribution in [0.5, 0.6) is 0 Å². The molecule has 1 atom stereocenters. The predicted octanol–water partition coefficient (Wildman–Crippen LogP) is 2.94. The zero-order chi connectivity index (χ0) is 20.1. The quantitative estimate of drug-likeness (QED) is 0.807. The Labute approximate surface area is 164 Å². The second kappa shape index (κ2) is 8.69. The molecule has 28 heavy (non-hydrogen) atoms. The van der Waals surface area contributed by atoms with Crippen molar-refractivity contribution >= 4 is 23.5 Å². The SMILES string of the molecule is Cc1ccc(N2CCCC(NC(=O)CCc3ccc(C(=O)O)cc3)C2=O)cc1. The number of carbonyl (C=O) groups is 3. The number of carbonyl (C=O) groups excluding carboxylic acids is 2. The number of benzene rings is 2. The van der Waals surface area contributed by atoms with E-state index in [9.17, 15) is 14.4 Å². The van der Waals surface area contributed by atoms with Gasteiger partial charge in [0.15, 0.2) is 0 Å². The van der Waals surface area contributed by atoms with Crippen LogP contribution in [0.25, 0.3) is 0 Å². The summed E-state index contributed by atoms with van der Waals surface area (Å²) in [7, 11) is 0. The zero-order valence-electron chi connectivity index (χ0n) is 15.9. The highest BCUT2D eigenvalue weighted by molar-refractivity contribution is 5.99. The van der Waals surface area contributed by atoms with Crippen molar-refractivity contribution in [2.24, 2.45) is 0 Å². The van der Waals surface area contributed by atoms with Crippen LogP contribution in [0.3, 0.4) is 0 Å². The second-order valence-corrected chi connectivity index (χ2v) is 7.09. The molecule has 6 heteroatoms. The predicted molar refractivity (Wildman–Crippen MR) is 106 cm³/mol. The van der Waals surface area contributed by atoms with Crippen LogP contribution >= 0.6 is 0 Å². The van der Waals surface area contributed by atoms with E-state index in [2.05, 4.69) is 5.32 Å². The maximum absolute atomic E-state index is 12.8. The lowest BCUT2D eigenvalue weighted by Crippen LogP contribution is -2.52. The van der Waals surface area contributed by atoms with Gasteiger partial charge in [-0.3, -0.25) is 9.59 Å². The summed E-state index contributed by atoms with van der Waals surface area (Å²) in [5.74, 6) is -1.22. The third-order valence-corrected chi connectivity index (χ3v) is 4.96. The number of hydrogen-bond donors (Lipinski definition) is 2. The van der Waals surface area contributed by atoms with Crippen LogP contribution in [0, 0.1) is 6.92 Å². The Morgan fingerprint density at radius 3 is 2.43 bits per heavy atom. The molecular formula is C22H24N2O4. The van der Waals surface area contributed by atoms with E-state index in [1.165, 1.54) is 12.1 Å². The average Bonchev–Trinajstić information content (AvgIpc) is 2.69. The Hall–Kier alpha value is -3.15. The molecule has 0 aliphatic carbocycles. The third-order valence-electron chi connectivity index (χ3n) is 4.96. The molecule has 2 amide bonds. The van der Waals surface area contributed by atoms with Crippen LogP contribution in [0.1, 0.15) is 40.7 Å². The zero-order valence-corrected chi connectivity index (χ0v) is 15.9. The molecule has 0 saturated carbocycles. The Bertz CT molecular complexity index is 859. The highest BCUT2D eigenvalue weighted by Gasteiger charge is 2.30. The molecule has 3 rings (SSSR count). The molecule has 6 nitrogen and oxygen atoms in total. The molecule has 1 unspecified atom stereocenters. The molecule has 146 valence electrons. The number of carboxylic acid groups (broad SMARTS) is 1. The molecule has 2 aromatic rings. The van der Waals surface area contributed by atoms with E-state index in [4.69, 9.17) is 5.11 Å². The first-order chi connectivity index (χ1) is 13.4. The average molecular weight is 380 g/mol. The number of piperidine rings is 1. The van der Waals surface area contributed by atoms with E-state index in [-0.39, 0.29) is 23.8 Å². The monoisotopic (exact) mass is 380 g/mol. The van der Waals surface area contributed by atoms with Crippen molar-refractivity contribution in [3.05, 3.63) is 65.2 Å². The molecule has 0 spiro atoms. The van der Waals surface area contributed by atoms with Crippen molar-refractivity contribution in [3.8, 4) is 0 Å². The summed E-state index contributed by atoms with van der Waals surface area (Å²) in [6, 6.07) is 13.8. The molecule has 0 bridgehead atoms. The molecule has 0 radical (unpaired) electrons. The standard InChI is InChI=1S/C22H24N2O4/c1-15-4-11-18(12-5-15)24-14-2-3-19(21(24)26)23-20(25)13-8-16-6-9-17(10-7-16)22(27)28/h4-7,9-12,19H,2-3,8,13-14H2,1H3,(H,23,25)(H,27,28). The van der Waals surface area contributed by atoms with E-state index < -0.39 is 12.0 Å². The molecule has 1 saturated heterocycles. The van der Waals surface area contributed by atoms with Crippen LogP contribution in [-0.2, 0) is 16.0 Å². The van der Waals surface area contributed by atoms with E-state index in [0.29, 0.717) is 19.4 Å². The van der Waals surface area contributed by atoms with Crippen LogP contribution in [-0.4, -0.2) is 35.5 Å². The fourth-order valence-corrected chi connectivity index (χ4v) is 3.33. The van der Waals surface area contributed by atoms with Gasteiger partial charge in [0.2, 0.25) is 11.8 Å². The van der Waals surface area contributed by atoms with Crippen LogP contribution in [0.15, 0.2) is 48.5 Å². The fraction of sp³-hybridized carbons (Fsp3) is 0.318. The van der Waals surface area contributed by atoms with E-state index >= 15 is 0 Å². The number of amides is 2. The number of nitrogens with one attached hydrogen (secondary N) is 1. The minimum absolute atomic E-state index is 0.0748. The van der Waals surface area contributed by atoms with Gasteiger partial charge in [0.25, 0.3) is 0 Å². The summed E-state index contributed by atoms with van der Waals surface area (Å²) >= 11 is 0. The summed E-state index contributed by atoms with van der Waals surface area (Å²) < 4.78 is 0. The molecule has 2 aromatic carbocycles. The Morgan fingerprint density at radius 1 is 1.11 bits per heavy atom. The van der Waals surface area contributed by atoms with Gasteiger partial charge in [0, 0.05) is 18.7 Å². The Balaban J connectivity index is 1.55. The number of hydrogen-bond acceptors (Lipinski definition) is 3. The lowest BCUT2D eigenvalue weighted by atomic mass is 10.0. The molecule has 0 aromatic heterocycles. The fourth-order valence-electron chi connectivity index (χ4n) is 3.33. The number of rotatable bonds is 6. The topological polar surface area (TPSA) is 86.7 Å². The van der Waals surface area contributed by atoms with Crippen molar-refractivity contribution in [1.82, 2.24) is 5.32 Å². The van der Waals surface area contributed by atoms with Crippen molar-refractivity contribution in [1.29, 1.82) is 0 Å². The number of aromatic carboxylic acids is 1. The number of nitrogens with zero attached hydrogens (tertiary/aromatic N) is 1. The minimum atomic E-state index is -0.974. The summed E-state index contributed by atoms with van der Waals surface area (Å²) in [6.45, 7) is 2.66. The van der Waals surface area contributed by atoms with Crippen molar-refractivity contribution in [2.45, 2.75) is 38.6 Å². The van der Waals surface area contributed by atoms with Gasteiger partial charge in [-0.25, -0.2) is 4.79 Å². The van der Waals surface area contributed by atoms with Gasteiger partial charge < -0.3 is 15.3 Å². The molecular weight excluding hydrogens is 356 g/mol. The van der Waals surface area contributed by atoms with Gasteiger partial charge in [-0.1, -0.05) is 29.8 Å². The first-order valence-corrected chi connectivity index (χ1v) is 9.43. The van der Waals surface area contributed by atoms with Gasteiger partial charge in [0.05, 0.1) is 5.56 Å². The van der Waals surface area contributed by atoms with E-state index in [1.807, 2.05) is 31.2 Å².